The Morgan fingerprint density at radius 1 is 1.14 bits per heavy atom. The molecule has 0 aliphatic rings. The van der Waals surface area contributed by atoms with Gasteiger partial charge in [0.1, 0.15) is 5.60 Å². The molecule has 4 heteroatoms. The molecule has 1 rings (SSSR count). The molecule has 0 spiro atoms. The fourth-order valence-corrected chi connectivity index (χ4v) is 1.88. The Labute approximate surface area is 126 Å². The molecule has 0 radical (unpaired) electrons. The lowest BCUT2D eigenvalue weighted by Gasteiger charge is -2.25. The first-order chi connectivity index (χ1) is 9.69. The van der Waals surface area contributed by atoms with Crippen LogP contribution in [0.4, 0.5) is 0 Å². The summed E-state index contributed by atoms with van der Waals surface area (Å²) in [6.07, 6.45) is 0.381. The number of benzene rings is 1. The highest BCUT2D eigenvalue weighted by Crippen LogP contribution is 2.19. The first kappa shape index (κ1) is 17.2. The standard InChI is InChI=1S/C17H25NO3/c1-12(2)11-14(19)18-15(13-9-7-6-8-10-13)16(20)21-17(3,4)5/h6-10,12,15H,11H2,1-5H3,(H,18,19)/t15-/m1/s1. The summed E-state index contributed by atoms with van der Waals surface area (Å²) >= 11 is 0. The van der Waals surface area contributed by atoms with Crippen molar-refractivity contribution in [2.24, 2.45) is 5.92 Å². The lowest BCUT2D eigenvalue weighted by molar-refractivity contribution is -0.159. The molecule has 1 aromatic rings. The summed E-state index contributed by atoms with van der Waals surface area (Å²) in [4.78, 5) is 24.3. The van der Waals surface area contributed by atoms with Gasteiger partial charge in [-0.05, 0) is 32.3 Å². The molecule has 116 valence electrons. The topological polar surface area (TPSA) is 55.4 Å². The van der Waals surface area contributed by atoms with Crippen molar-refractivity contribution < 1.29 is 14.3 Å². The summed E-state index contributed by atoms with van der Waals surface area (Å²) < 4.78 is 5.41. The Kier molecular flexibility index (Phi) is 5.94. The van der Waals surface area contributed by atoms with E-state index >= 15 is 0 Å². The SMILES string of the molecule is CC(C)CC(=O)N[C@@H](C(=O)OC(C)(C)C)c1ccccc1. The molecule has 0 unspecified atom stereocenters. The van der Waals surface area contributed by atoms with Crippen LogP contribution in [0.25, 0.3) is 0 Å². The van der Waals surface area contributed by atoms with Crippen LogP contribution >= 0.6 is 0 Å². The van der Waals surface area contributed by atoms with Crippen molar-refractivity contribution >= 4 is 11.9 Å². The monoisotopic (exact) mass is 291 g/mol. The number of hydrogen-bond acceptors (Lipinski definition) is 3. The van der Waals surface area contributed by atoms with E-state index in [9.17, 15) is 9.59 Å². The van der Waals surface area contributed by atoms with E-state index in [4.69, 9.17) is 4.74 Å². The highest BCUT2D eigenvalue weighted by molar-refractivity contribution is 5.85. The average molecular weight is 291 g/mol. The zero-order chi connectivity index (χ0) is 16.0. The second-order valence-corrected chi connectivity index (χ2v) is 6.54. The molecule has 1 aromatic carbocycles. The van der Waals surface area contributed by atoms with Crippen molar-refractivity contribution in [3.63, 3.8) is 0 Å². The van der Waals surface area contributed by atoms with Gasteiger partial charge in [0.05, 0.1) is 0 Å². The minimum Gasteiger partial charge on any atom is -0.458 e. The lowest BCUT2D eigenvalue weighted by atomic mass is 10.0. The van der Waals surface area contributed by atoms with Gasteiger partial charge in [-0.25, -0.2) is 4.79 Å². The summed E-state index contributed by atoms with van der Waals surface area (Å²) in [5.41, 5.74) is 0.135. The molecule has 0 aromatic heterocycles. The van der Waals surface area contributed by atoms with E-state index in [0.717, 1.165) is 5.56 Å². The molecule has 0 fully saturated rings. The molecule has 0 bridgehead atoms. The molecule has 0 saturated heterocycles. The van der Waals surface area contributed by atoms with E-state index in [-0.39, 0.29) is 11.8 Å². The highest BCUT2D eigenvalue weighted by atomic mass is 16.6. The number of carbonyl (C=O) groups excluding carboxylic acids is 2. The number of rotatable bonds is 5. The van der Waals surface area contributed by atoms with Crippen molar-refractivity contribution in [2.45, 2.75) is 52.7 Å². The molecule has 4 nitrogen and oxygen atoms in total. The van der Waals surface area contributed by atoms with E-state index in [0.29, 0.717) is 6.42 Å². The van der Waals surface area contributed by atoms with Crippen molar-refractivity contribution in [1.29, 1.82) is 0 Å². The van der Waals surface area contributed by atoms with Gasteiger partial charge in [-0.3, -0.25) is 4.79 Å². The second-order valence-electron chi connectivity index (χ2n) is 6.54. The van der Waals surface area contributed by atoms with Crippen molar-refractivity contribution in [3.05, 3.63) is 35.9 Å². The van der Waals surface area contributed by atoms with Gasteiger partial charge in [-0.1, -0.05) is 44.2 Å². The van der Waals surface area contributed by atoms with Crippen LogP contribution in [-0.4, -0.2) is 17.5 Å². The Balaban J connectivity index is 2.90. The van der Waals surface area contributed by atoms with Gasteiger partial charge in [0.2, 0.25) is 5.91 Å². The van der Waals surface area contributed by atoms with Gasteiger partial charge < -0.3 is 10.1 Å². The van der Waals surface area contributed by atoms with Crippen molar-refractivity contribution in [2.75, 3.05) is 0 Å². The van der Waals surface area contributed by atoms with E-state index in [1.807, 2.05) is 65.0 Å². The molecule has 1 atom stereocenters. The van der Waals surface area contributed by atoms with Gasteiger partial charge in [-0.2, -0.15) is 0 Å². The number of nitrogens with one attached hydrogen (secondary N) is 1. The highest BCUT2D eigenvalue weighted by Gasteiger charge is 2.28. The van der Waals surface area contributed by atoms with Gasteiger partial charge in [0.15, 0.2) is 6.04 Å². The zero-order valence-corrected chi connectivity index (χ0v) is 13.5. The van der Waals surface area contributed by atoms with Crippen LogP contribution < -0.4 is 5.32 Å². The smallest absolute Gasteiger partial charge is 0.333 e. The van der Waals surface area contributed by atoms with Crippen LogP contribution in [0.15, 0.2) is 30.3 Å². The predicted molar refractivity (Wildman–Crippen MR) is 82.6 cm³/mol. The number of ether oxygens (including phenoxy) is 1. The van der Waals surface area contributed by atoms with Crippen LogP contribution in [0, 0.1) is 5.92 Å². The molecule has 0 aliphatic heterocycles. The summed E-state index contributed by atoms with van der Waals surface area (Å²) in [6, 6.07) is 8.39. The minimum atomic E-state index is -0.767. The minimum absolute atomic E-state index is 0.148. The second kappa shape index (κ2) is 7.25. The summed E-state index contributed by atoms with van der Waals surface area (Å²) in [5.74, 6) is -0.351. The van der Waals surface area contributed by atoms with Gasteiger partial charge >= 0.3 is 5.97 Å². The predicted octanol–water partition coefficient (Wildman–Crippen LogP) is 3.23. The molecule has 1 amide bonds. The number of amides is 1. The fourth-order valence-electron chi connectivity index (χ4n) is 1.88. The third kappa shape index (κ3) is 6.43. The van der Waals surface area contributed by atoms with E-state index < -0.39 is 17.6 Å². The molecular formula is C17H25NO3. The maximum absolute atomic E-state index is 12.3. The Hall–Kier alpha value is -1.84. The number of esters is 1. The fraction of sp³-hybridized carbons (Fsp3) is 0.529. The first-order valence-electron chi connectivity index (χ1n) is 7.26. The lowest BCUT2D eigenvalue weighted by Crippen LogP contribution is -2.38. The van der Waals surface area contributed by atoms with Crippen LogP contribution in [-0.2, 0) is 14.3 Å². The molecule has 1 N–H and O–H groups in total. The molecule has 0 heterocycles. The van der Waals surface area contributed by atoms with E-state index in [1.54, 1.807) is 0 Å². The summed E-state index contributed by atoms with van der Waals surface area (Å²) in [5, 5.41) is 2.77. The summed E-state index contributed by atoms with van der Waals surface area (Å²) in [6.45, 7) is 9.35. The van der Waals surface area contributed by atoms with Crippen LogP contribution in [0.1, 0.15) is 52.6 Å². The third-order valence-electron chi connectivity index (χ3n) is 2.67. The maximum atomic E-state index is 12.3. The Morgan fingerprint density at radius 2 is 1.71 bits per heavy atom. The summed E-state index contributed by atoms with van der Waals surface area (Å²) in [7, 11) is 0. The van der Waals surface area contributed by atoms with Crippen LogP contribution in [0.2, 0.25) is 0 Å². The molecule has 0 aliphatic carbocycles. The molecule has 21 heavy (non-hydrogen) atoms. The third-order valence-corrected chi connectivity index (χ3v) is 2.67. The van der Waals surface area contributed by atoms with Crippen LogP contribution in [0.5, 0.6) is 0 Å². The first-order valence-corrected chi connectivity index (χ1v) is 7.26. The van der Waals surface area contributed by atoms with Gasteiger partial charge in [0, 0.05) is 6.42 Å². The number of hydrogen-bond donors (Lipinski definition) is 1. The molecule has 0 saturated carbocycles. The maximum Gasteiger partial charge on any atom is 0.333 e. The normalized spacial score (nSPS) is 12.9. The van der Waals surface area contributed by atoms with E-state index in [1.165, 1.54) is 0 Å². The molecular weight excluding hydrogens is 266 g/mol. The van der Waals surface area contributed by atoms with Crippen molar-refractivity contribution in [3.8, 4) is 0 Å². The largest absolute Gasteiger partial charge is 0.458 e. The Bertz CT molecular complexity index is 475. The Morgan fingerprint density at radius 3 is 2.19 bits per heavy atom. The van der Waals surface area contributed by atoms with E-state index in [2.05, 4.69) is 5.32 Å². The van der Waals surface area contributed by atoms with Crippen LogP contribution in [0.3, 0.4) is 0 Å². The zero-order valence-electron chi connectivity index (χ0n) is 13.5. The van der Waals surface area contributed by atoms with Gasteiger partial charge in [0.25, 0.3) is 0 Å². The average Bonchev–Trinajstić information content (AvgIpc) is 2.34. The quantitative estimate of drug-likeness (QED) is 0.847. The number of carbonyl (C=O) groups is 2. The van der Waals surface area contributed by atoms with Crippen molar-refractivity contribution in [1.82, 2.24) is 5.32 Å². The van der Waals surface area contributed by atoms with Gasteiger partial charge in [-0.15, -0.1) is 0 Å².